The third kappa shape index (κ3) is 8.35. The third-order valence-corrected chi connectivity index (χ3v) is 6.68. The zero-order chi connectivity index (χ0) is 27.5. The van der Waals surface area contributed by atoms with Crippen LogP contribution in [-0.4, -0.2) is 70.5 Å². The zero-order valence-electron chi connectivity index (χ0n) is 21.1. The smallest absolute Gasteiger partial charge is 0.326 e. The van der Waals surface area contributed by atoms with Crippen molar-refractivity contribution in [3.63, 3.8) is 0 Å². The fraction of sp³-hybridized carbons (Fsp3) is 0.333. The monoisotopic (exact) mass is 539 g/mol. The van der Waals surface area contributed by atoms with Crippen molar-refractivity contribution in [2.24, 2.45) is 5.73 Å². The number of hydrogen-bond donors (Lipinski definition) is 6. The van der Waals surface area contributed by atoms with E-state index in [2.05, 4.69) is 20.9 Å². The van der Waals surface area contributed by atoms with Gasteiger partial charge in [-0.15, -0.1) is 0 Å². The van der Waals surface area contributed by atoms with E-state index in [-0.39, 0.29) is 12.8 Å². The van der Waals surface area contributed by atoms with E-state index < -0.39 is 48.4 Å². The number of H-pyrrole nitrogens is 1. The van der Waals surface area contributed by atoms with Gasteiger partial charge in [-0.05, 0) is 42.0 Å². The normalized spacial score (nSPS) is 13.3. The SMILES string of the molecule is CSCCC(NC(=O)CNC(=O)C(Cc1c[nH]c2ccccc12)NC(=O)C(N)Cc1ccccc1)C(=O)O. The average Bonchev–Trinajstić information content (AvgIpc) is 3.32. The molecule has 0 bridgehead atoms. The Balaban J connectivity index is 1.68. The summed E-state index contributed by atoms with van der Waals surface area (Å²) in [6.45, 7) is -0.432. The minimum absolute atomic E-state index is 0.159. The highest BCUT2D eigenvalue weighted by Gasteiger charge is 2.26. The molecule has 3 amide bonds. The summed E-state index contributed by atoms with van der Waals surface area (Å²) in [5.74, 6) is -2.30. The third-order valence-electron chi connectivity index (χ3n) is 6.03. The van der Waals surface area contributed by atoms with Gasteiger partial charge in [0.1, 0.15) is 12.1 Å². The van der Waals surface area contributed by atoms with Crippen LogP contribution in [0, 0.1) is 0 Å². The Hall–Kier alpha value is -3.83. The standard InChI is InChI=1S/C27H33N5O5S/c1-38-12-11-22(27(36)37)31-24(33)16-30-26(35)23(14-18-15-29-21-10-6-5-9-19(18)21)32-25(34)20(28)13-17-7-3-2-4-8-17/h2-10,15,20,22-23,29H,11-14,16,28H2,1H3,(H,30,35)(H,31,33)(H,32,34)(H,36,37). The van der Waals surface area contributed by atoms with Gasteiger partial charge in [-0.25, -0.2) is 4.79 Å². The highest BCUT2D eigenvalue weighted by atomic mass is 32.2. The average molecular weight is 540 g/mol. The molecule has 38 heavy (non-hydrogen) atoms. The number of para-hydroxylation sites is 1. The maximum atomic E-state index is 13.1. The van der Waals surface area contributed by atoms with Crippen LogP contribution in [0.25, 0.3) is 10.9 Å². The van der Waals surface area contributed by atoms with Crippen LogP contribution >= 0.6 is 11.8 Å². The molecule has 11 heteroatoms. The van der Waals surface area contributed by atoms with Gasteiger partial charge in [-0.2, -0.15) is 11.8 Å². The Kier molecular flexibility index (Phi) is 10.7. The van der Waals surface area contributed by atoms with E-state index in [1.165, 1.54) is 11.8 Å². The predicted molar refractivity (Wildman–Crippen MR) is 148 cm³/mol. The number of benzene rings is 2. The van der Waals surface area contributed by atoms with E-state index >= 15 is 0 Å². The number of aliphatic carboxylic acids is 1. The highest BCUT2D eigenvalue weighted by Crippen LogP contribution is 2.19. The molecule has 0 aliphatic heterocycles. The molecule has 0 saturated carbocycles. The number of amides is 3. The van der Waals surface area contributed by atoms with Crippen molar-refractivity contribution in [1.82, 2.24) is 20.9 Å². The van der Waals surface area contributed by atoms with Gasteiger partial charge in [0.15, 0.2) is 0 Å². The molecule has 3 rings (SSSR count). The molecule has 10 nitrogen and oxygen atoms in total. The molecule has 0 radical (unpaired) electrons. The molecule has 0 saturated heterocycles. The van der Waals surface area contributed by atoms with Crippen LogP contribution in [0.3, 0.4) is 0 Å². The number of carboxylic acids is 1. The van der Waals surface area contributed by atoms with E-state index in [1.807, 2.05) is 60.9 Å². The summed E-state index contributed by atoms with van der Waals surface area (Å²) < 4.78 is 0. The molecule has 3 atom stereocenters. The van der Waals surface area contributed by atoms with E-state index in [4.69, 9.17) is 5.73 Å². The first-order valence-corrected chi connectivity index (χ1v) is 13.6. The number of hydrogen-bond acceptors (Lipinski definition) is 6. The molecule has 3 unspecified atom stereocenters. The quantitative estimate of drug-likeness (QED) is 0.179. The molecule has 1 aromatic heterocycles. The van der Waals surface area contributed by atoms with Crippen molar-refractivity contribution in [3.05, 3.63) is 71.9 Å². The van der Waals surface area contributed by atoms with Crippen LogP contribution in [0.2, 0.25) is 0 Å². The number of carbonyl (C=O) groups is 4. The first kappa shape index (κ1) is 28.7. The predicted octanol–water partition coefficient (Wildman–Crippen LogP) is 1.20. The number of fused-ring (bicyclic) bond motifs is 1. The maximum Gasteiger partial charge on any atom is 0.326 e. The fourth-order valence-corrected chi connectivity index (χ4v) is 4.47. The van der Waals surface area contributed by atoms with E-state index in [0.717, 1.165) is 22.0 Å². The summed E-state index contributed by atoms with van der Waals surface area (Å²) in [5, 5.41) is 17.9. The van der Waals surface area contributed by atoms with Crippen molar-refractivity contribution in [3.8, 4) is 0 Å². The molecule has 0 aliphatic carbocycles. The second-order valence-electron chi connectivity index (χ2n) is 8.88. The highest BCUT2D eigenvalue weighted by molar-refractivity contribution is 7.98. The molecule has 0 spiro atoms. The van der Waals surface area contributed by atoms with Gasteiger partial charge < -0.3 is 31.8 Å². The van der Waals surface area contributed by atoms with Gasteiger partial charge >= 0.3 is 5.97 Å². The largest absolute Gasteiger partial charge is 0.480 e. The summed E-state index contributed by atoms with van der Waals surface area (Å²) in [6.07, 6.45) is 4.33. The van der Waals surface area contributed by atoms with Gasteiger partial charge in [0.2, 0.25) is 17.7 Å². The van der Waals surface area contributed by atoms with Crippen LogP contribution in [-0.2, 0) is 32.0 Å². The molecule has 3 aromatic rings. The van der Waals surface area contributed by atoms with E-state index in [0.29, 0.717) is 12.2 Å². The Labute approximate surface area is 225 Å². The lowest BCUT2D eigenvalue weighted by atomic mass is 10.0. The number of rotatable bonds is 14. The number of aromatic amines is 1. The summed E-state index contributed by atoms with van der Waals surface area (Å²) >= 11 is 1.47. The van der Waals surface area contributed by atoms with Crippen LogP contribution in [0.15, 0.2) is 60.8 Å². The molecule has 1 heterocycles. The fourth-order valence-electron chi connectivity index (χ4n) is 4.00. The van der Waals surface area contributed by atoms with Crippen LogP contribution in [0.1, 0.15) is 17.5 Å². The first-order valence-electron chi connectivity index (χ1n) is 12.2. The van der Waals surface area contributed by atoms with Crippen molar-refractivity contribution in [2.45, 2.75) is 37.4 Å². The van der Waals surface area contributed by atoms with Crippen molar-refractivity contribution in [2.75, 3.05) is 18.6 Å². The molecule has 0 aliphatic rings. The Morgan fingerprint density at radius 2 is 1.66 bits per heavy atom. The molecule has 2 aromatic carbocycles. The van der Waals surface area contributed by atoms with Crippen molar-refractivity contribution >= 4 is 46.4 Å². The van der Waals surface area contributed by atoms with Crippen LogP contribution in [0.5, 0.6) is 0 Å². The summed E-state index contributed by atoms with van der Waals surface area (Å²) in [7, 11) is 0. The van der Waals surface area contributed by atoms with Crippen LogP contribution < -0.4 is 21.7 Å². The van der Waals surface area contributed by atoms with Gasteiger partial charge in [0, 0.05) is 23.5 Å². The molecular weight excluding hydrogens is 506 g/mol. The second-order valence-corrected chi connectivity index (χ2v) is 9.86. The Morgan fingerprint density at radius 3 is 2.37 bits per heavy atom. The lowest BCUT2D eigenvalue weighted by molar-refractivity contribution is -0.141. The van der Waals surface area contributed by atoms with Gasteiger partial charge in [-0.1, -0.05) is 48.5 Å². The Morgan fingerprint density at radius 1 is 0.947 bits per heavy atom. The lowest BCUT2D eigenvalue weighted by Gasteiger charge is -2.21. The number of thioether (sulfide) groups is 1. The molecular formula is C27H33N5O5S. The number of carboxylic acid groups (broad SMARTS) is 1. The number of nitrogens with one attached hydrogen (secondary N) is 4. The Bertz CT molecular complexity index is 1250. The van der Waals surface area contributed by atoms with Gasteiger partial charge in [0.25, 0.3) is 0 Å². The van der Waals surface area contributed by atoms with Crippen molar-refractivity contribution < 1.29 is 24.3 Å². The molecule has 202 valence electrons. The minimum atomic E-state index is -1.14. The van der Waals surface area contributed by atoms with Crippen molar-refractivity contribution in [1.29, 1.82) is 0 Å². The second kappa shape index (κ2) is 14.2. The summed E-state index contributed by atoms with van der Waals surface area (Å²) in [5.41, 5.74) is 8.72. The van der Waals surface area contributed by atoms with Gasteiger partial charge in [-0.3, -0.25) is 14.4 Å². The van der Waals surface area contributed by atoms with Gasteiger partial charge in [0.05, 0.1) is 12.6 Å². The topological polar surface area (TPSA) is 166 Å². The number of carbonyl (C=O) groups excluding carboxylic acids is 3. The first-order chi connectivity index (χ1) is 18.3. The number of aromatic nitrogens is 1. The zero-order valence-corrected chi connectivity index (χ0v) is 21.9. The van der Waals surface area contributed by atoms with E-state index in [9.17, 15) is 24.3 Å². The summed E-state index contributed by atoms with van der Waals surface area (Å²) in [6, 6.07) is 13.9. The van der Waals surface area contributed by atoms with E-state index in [1.54, 1.807) is 6.20 Å². The van der Waals surface area contributed by atoms with Crippen LogP contribution in [0.4, 0.5) is 0 Å². The number of nitrogens with two attached hydrogens (primary N) is 1. The minimum Gasteiger partial charge on any atom is -0.480 e. The molecule has 0 fully saturated rings. The summed E-state index contributed by atoms with van der Waals surface area (Å²) in [4.78, 5) is 53.0. The lowest BCUT2D eigenvalue weighted by Crippen LogP contribution is -2.54. The molecule has 7 N–H and O–H groups in total. The maximum absolute atomic E-state index is 13.1.